The molecule has 2 heterocycles. The second-order valence-corrected chi connectivity index (χ2v) is 1.66. The lowest BCUT2D eigenvalue weighted by Crippen LogP contribution is -1.84. The summed E-state index contributed by atoms with van der Waals surface area (Å²) in [6, 6.07) is 3.55. The van der Waals surface area contributed by atoms with Crippen LogP contribution in [0.5, 0.6) is 0 Å². The molecule has 0 fully saturated rings. The average Bonchev–Trinajstić information content (AvgIpc) is 2.33. The van der Waals surface area contributed by atoms with Crippen LogP contribution in [0, 0.1) is 6.20 Å². The minimum atomic E-state index is 0.664. The summed E-state index contributed by atoms with van der Waals surface area (Å²) in [5.74, 6) is 0.664. The summed E-state index contributed by atoms with van der Waals surface area (Å²) >= 11 is 0. The van der Waals surface area contributed by atoms with Gasteiger partial charge >= 0.3 is 0 Å². The molecular formula is C6H3N3. The Hall–Kier alpha value is -1.38. The van der Waals surface area contributed by atoms with E-state index in [-0.39, 0.29) is 0 Å². The molecule has 0 amide bonds. The Bertz CT molecular complexity index is 254. The van der Waals surface area contributed by atoms with Gasteiger partial charge in [-0.1, -0.05) is 0 Å². The number of nitrogens with zero attached hydrogens (tertiary/aromatic N) is 3. The predicted octanol–water partition coefficient (Wildman–Crippen LogP) is 0.791. The van der Waals surface area contributed by atoms with Crippen molar-refractivity contribution in [3.63, 3.8) is 0 Å². The van der Waals surface area contributed by atoms with Crippen LogP contribution in [0.2, 0.25) is 0 Å². The second-order valence-electron chi connectivity index (χ2n) is 1.66. The fourth-order valence-corrected chi connectivity index (χ4v) is 0.688. The maximum Gasteiger partial charge on any atom is 0.180 e. The van der Waals surface area contributed by atoms with Crippen molar-refractivity contribution in [2.75, 3.05) is 0 Å². The maximum absolute atomic E-state index is 3.93. The molecule has 0 spiro atoms. The molecule has 2 radical (unpaired) electrons. The standard InChI is InChI=1S/C6H3N3/c1-2-5-6(7-3-1)9-4-8-5/h1-2,4H. The van der Waals surface area contributed by atoms with E-state index in [1.807, 2.05) is 6.07 Å². The topological polar surface area (TPSA) is 39.4 Å². The fraction of sp³-hybridized carbons (Fsp3) is 0. The van der Waals surface area contributed by atoms with E-state index in [9.17, 15) is 0 Å². The molecule has 3 nitrogen and oxygen atoms in total. The molecule has 0 aromatic carbocycles. The van der Waals surface area contributed by atoms with Gasteiger partial charge in [-0.05, 0) is 12.1 Å². The highest BCUT2D eigenvalue weighted by Crippen LogP contribution is 2.23. The zero-order valence-electron chi connectivity index (χ0n) is 4.57. The molecule has 1 aromatic rings. The minimum absolute atomic E-state index is 0.664. The van der Waals surface area contributed by atoms with Crippen LogP contribution in [0.25, 0.3) is 0 Å². The molecule has 0 saturated carbocycles. The van der Waals surface area contributed by atoms with Crippen LogP contribution in [-0.4, -0.2) is 11.3 Å². The first-order valence-corrected chi connectivity index (χ1v) is 2.57. The number of pyridine rings is 1. The molecule has 0 N–H and O–H groups in total. The summed E-state index contributed by atoms with van der Waals surface area (Å²) in [4.78, 5) is 7.71. The number of aromatic nitrogens is 1. The lowest BCUT2D eigenvalue weighted by Gasteiger charge is -1.88. The van der Waals surface area contributed by atoms with E-state index in [0.717, 1.165) is 5.69 Å². The zero-order chi connectivity index (χ0) is 6.10. The molecule has 0 unspecified atom stereocenters. The van der Waals surface area contributed by atoms with E-state index >= 15 is 0 Å². The van der Waals surface area contributed by atoms with E-state index in [0.29, 0.717) is 5.82 Å². The van der Waals surface area contributed by atoms with Crippen LogP contribution in [-0.2, 0) is 0 Å². The molecule has 3 heteroatoms. The zero-order valence-corrected chi connectivity index (χ0v) is 4.57. The second kappa shape index (κ2) is 1.55. The van der Waals surface area contributed by atoms with Crippen molar-refractivity contribution in [1.82, 2.24) is 10.3 Å². The van der Waals surface area contributed by atoms with Crippen molar-refractivity contribution >= 4 is 17.8 Å². The summed E-state index contributed by atoms with van der Waals surface area (Å²) in [6.07, 6.45) is 4.16. The third kappa shape index (κ3) is 0.579. The molecule has 0 aliphatic carbocycles. The quantitative estimate of drug-likeness (QED) is 0.495. The molecule has 9 heavy (non-hydrogen) atoms. The molecule has 42 valence electrons. The lowest BCUT2D eigenvalue weighted by atomic mass is 10.4. The Balaban J connectivity index is 2.63. The van der Waals surface area contributed by atoms with Gasteiger partial charge < -0.3 is 0 Å². The van der Waals surface area contributed by atoms with Gasteiger partial charge in [-0.15, -0.1) is 0 Å². The molecule has 1 aromatic heterocycles. The number of fused-ring (bicyclic) bond motifs is 1. The van der Waals surface area contributed by atoms with Crippen molar-refractivity contribution in [1.29, 1.82) is 0 Å². The highest BCUT2D eigenvalue weighted by atomic mass is 15.1. The Morgan fingerprint density at radius 1 is 1.44 bits per heavy atom. The van der Waals surface area contributed by atoms with Crippen LogP contribution in [0.3, 0.4) is 0 Å². The number of rotatable bonds is 0. The van der Waals surface area contributed by atoms with Crippen molar-refractivity contribution in [3.05, 3.63) is 18.3 Å². The summed E-state index contributed by atoms with van der Waals surface area (Å²) in [5.41, 5.74) is 0.828. The Morgan fingerprint density at radius 3 is 3.33 bits per heavy atom. The van der Waals surface area contributed by atoms with Crippen molar-refractivity contribution in [3.8, 4) is 0 Å². The van der Waals surface area contributed by atoms with E-state index in [2.05, 4.69) is 21.5 Å². The van der Waals surface area contributed by atoms with Crippen molar-refractivity contribution < 1.29 is 0 Å². The van der Waals surface area contributed by atoms with Gasteiger partial charge in [0.25, 0.3) is 0 Å². The van der Waals surface area contributed by atoms with Crippen LogP contribution < -0.4 is 5.32 Å². The Morgan fingerprint density at radius 2 is 2.44 bits per heavy atom. The number of hydrogen-bond acceptors (Lipinski definition) is 2. The molecule has 2 rings (SSSR count). The molecule has 1 aliphatic heterocycles. The Kier molecular flexibility index (Phi) is 0.773. The fourth-order valence-electron chi connectivity index (χ4n) is 0.688. The van der Waals surface area contributed by atoms with Crippen LogP contribution >= 0.6 is 0 Å². The van der Waals surface area contributed by atoms with Crippen LogP contribution in [0.15, 0.2) is 17.1 Å². The average molecular weight is 117 g/mol. The van der Waals surface area contributed by atoms with Gasteiger partial charge in [0.05, 0.1) is 6.20 Å². The third-order valence-electron chi connectivity index (χ3n) is 1.09. The predicted molar refractivity (Wildman–Crippen MR) is 33.0 cm³/mol. The Labute approximate surface area is 52.5 Å². The summed E-state index contributed by atoms with van der Waals surface area (Å²) < 4.78 is 0. The molecule has 0 saturated heterocycles. The van der Waals surface area contributed by atoms with Gasteiger partial charge in [0.1, 0.15) is 12.0 Å². The SMILES string of the molecule is [c]1ccc2c(n1)N=C[N]2. The van der Waals surface area contributed by atoms with Crippen LogP contribution in [0.1, 0.15) is 0 Å². The molecule has 1 aliphatic rings. The van der Waals surface area contributed by atoms with Gasteiger partial charge in [0.15, 0.2) is 5.82 Å². The molecule has 0 atom stereocenters. The first kappa shape index (κ1) is 4.49. The van der Waals surface area contributed by atoms with Crippen molar-refractivity contribution in [2.45, 2.75) is 0 Å². The highest BCUT2D eigenvalue weighted by molar-refractivity contribution is 5.78. The monoisotopic (exact) mass is 117 g/mol. The van der Waals surface area contributed by atoms with E-state index in [1.165, 1.54) is 6.34 Å². The van der Waals surface area contributed by atoms with Gasteiger partial charge in [-0.2, -0.15) is 0 Å². The van der Waals surface area contributed by atoms with Gasteiger partial charge in [0.2, 0.25) is 0 Å². The summed E-state index contributed by atoms with van der Waals surface area (Å²) in [5, 5.41) is 3.93. The van der Waals surface area contributed by atoms with E-state index in [1.54, 1.807) is 6.07 Å². The third-order valence-corrected chi connectivity index (χ3v) is 1.09. The number of aliphatic imine (C=N–C) groups is 1. The summed E-state index contributed by atoms with van der Waals surface area (Å²) in [7, 11) is 0. The lowest BCUT2D eigenvalue weighted by molar-refractivity contribution is 1.25. The largest absolute Gasteiger partial charge is 0.233 e. The van der Waals surface area contributed by atoms with E-state index in [4.69, 9.17) is 0 Å². The first-order chi connectivity index (χ1) is 4.47. The van der Waals surface area contributed by atoms with Crippen LogP contribution in [0.4, 0.5) is 11.5 Å². The molecular weight excluding hydrogens is 114 g/mol. The minimum Gasteiger partial charge on any atom is -0.233 e. The van der Waals surface area contributed by atoms with Gasteiger partial charge in [0, 0.05) is 0 Å². The summed E-state index contributed by atoms with van der Waals surface area (Å²) in [6.45, 7) is 0. The van der Waals surface area contributed by atoms with Gasteiger partial charge in [-0.25, -0.2) is 15.3 Å². The van der Waals surface area contributed by atoms with Crippen molar-refractivity contribution in [2.24, 2.45) is 4.99 Å². The normalized spacial score (nSPS) is 12.9. The smallest absolute Gasteiger partial charge is 0.180 e. The number of hydrogen-bond donors (Lipinski definition) is 0. The van der Waals surface area contributed by atoms with E-state index < -0.39 is 0 Å². The highest BCUT2D eigenvalue weighted by Gasteiger charge is 2.05. The molecule has 0 bridgehead atoms. The maximum atomic E-state index is 3.93. The van der Waals surface area contributed by atoms with Gasteiger partial charge in [-0.3, -0.25) is 0 Å². The first-order valence-electron chi connectivity index (χ1n) is 2.57.